The summed E-state index contributed by atoms with van der Waals surface area (Å²) in [5, 5.41) is 6.74. The molecule has 2 heterocycles. The summed E-state index contributed by atoms with van der Waals surface area (Å²) in [5.74, 6) is 1.58. The lowest BCUT2D eigenvalue weighted by atomic mass is 9.75. The number of carbonyl (C=O) groups is 2. The number of hydrogen-bond acceptors (Lipinski definition) is 4. The topological polar surface area (TPSA) is 90.7 Å². The fourth-order valence-corrected chi connectivity index (χ4v) is 7.71. The molecule has 216 valence electrons. The average Bonchev–Trinajstić information content (AvgIpc) is 3.40. The van der Waals surface area contributed by atoms with E-state index in [1.165, 1.54) is 64.2 Å². The van der Waals surface area contributed by atoms with Gasteiger partial charge in [-0.05, 0) is 48.6 Å². The van der Waals surface area contributed by atoms with Gasteiger partial charge in [0.15, 0.2) is 0 Å². The zero-order valence-electron chi connectivity index (χ0n) is 24.1. The summed E-state index contributed by atoms with van der Waals surface area (Å²) in [5.41, 5.74) is 8.32. The number of benzene rings is 1. The molecule has 2 aliphatic heterocycles. The molecule has 3 amide bonds. The van der Waals surface area contributed by atoms with E-state index in [9.17, 15) is 9.59 Å². The van der Waals surface area contributed by atoms with Crippen LogP contribution >= 0.6 is 0 Å². The highest BCUT2D eigenvalue weighted by molar-refractivity contribution is 5.88. The van der Waals surface area contributed by atoms with Crippen molar-refractivity contribution in [2.75, 3.05) is 6.54 Å². The summed E-state index contributed by atoms with van der Waals surface area (Å²) in [7, 11) is 0. The first kappa shape index (κ1) is 28.4. The van der Waals surface area contributed by atoms with Crippen LogP contribution in [0.1, 0.15) is 114 Å². The van der Waals surface area contributed by atoms with Gasteiger partial charge < -0.3 is 15.1 Å². The molecule has 4 aliphatic rings. The summed E-state index contributed by atoms with van der Waals surface area (Å²) in [6, 6.07) is 8.65. The number of nitrogens with two attached hydrogens (primary N) is 1. The Morgan fingerprint density at radius 1 is 0.872 bits per heavy atom. The van der Waals surface area contributed by atoms with Crippen molar-refractivity contribution in [2.45, 2.75) is 134 Å². The maximum atomic E-state index is 14.1. The zero-order valence-corrected chi connectivity index (χ0v) is 24.1. The molecular formula is C32H51N5O2. The quantitative estimate of drug-likeness (QED) is 0.342. The van der Waals surface area contributed by atoms with E-state index in [0.717, 1.165) is 55.7 Å². The van der Waals surface area contributed by atoms with Crippen LogP contribution in [-0.2, 0) is 17.9 Å². The lowest BCUT2D eigenvalue weighted by molar-refractivity contribution is -0.134. The maximum absolute atomic E-state index is 14.1. The molecule has 2 saturated carbocycles. The molecule has 7 nitrogen and oxygen atoms in total. The Bertz CT molecular complexity index is 956. The van der Waals surface area contributed by atoms with Crippen LogP contribution in [0.5, 0.6) is 0 Å². The van der Waals surface area contributed by atoms with E-state index in [1.54, 1.807) is 0 Å². The van der Waals surface area contributed by atoms with Crippen molar-refractivity contribution in [2.24, 2.45) is 17.6 Å². The summed E-state index contributed by atoms with van der Waals surface area (Å²) in [6.07, 6.45) is 17.7. The molecule has 2 aliphatic carbocycles. The molecule has 2 saturated heterocycles. The Balaban J connectivity index is 1.23. The molecular weight excluding hydrogens is 486 g/mol. The SMILES string of the molecule is CCC[C@H]1CN(Cc2ccc(CN3C(=O)C(CCC4CCCCC4)(CC4CCCCC4)NC3N)cc2)C(=O)N1. The van der Waals surface area contributed by atoms with Crippen molar-refractivity contribution >= 4 is 11.9 Å². The summed E-state index contributed by atoms with van der Waals surface area (Å²) in [4.78, 5) is 30.2. The first-order chi connectivity index (χ1) is 19.0. The Morgan fingerprint density at radius 2 is 1.49 bits per heavy atom. The highest BCUT2D eigenvalue weighted by Gasteiger charge is 2.50. The van der Waals surface area contributed by atoms with Gasteiger partial charge in [-0.3, -0.25) is 15.8 Å². The molecule has 7 heteroatoms. The van der Waals surface area contributed by atoms with Crippen LogP contribution in [0, 0.1) is 11.8 Å². The van der Waals surface area contributed by atoms with Crippen LogP contribution in [0.4, 0.5) is 4.79 Å². The van der Waals surface area contributed by atoms with Crippen molar-refractivity contribution in [3.63, 3.8) is 0 Å². The zero-order chi connectivity index (χ0) is 27.2. The van der Waals surface area contributed by atoms with E-state index >= 15 is 0 Å². The third-order valence-corrected chi connectivity index (χ3v) is 9.94. The van der Waals surface area contributed by atoms with E-state index < -0.39 is 11.8 Å². The normalized spacial score (nSPS) is 28.9. The van der Waals surface area contributed by atoms with E-state index in [1.807, 2.05) is 9.80 Å². The third-order valence-electron chi connectivity index (χ3n) is 9.94. The van der Waals surface area contributed by atoms with Gasteiger partial charge in [0.25, 0.3) is 0 Å². The lowest BCUT2D eigenvalue weighted by Gasteiger charge is -2.35. The van der Waals surface area contributed by atoms with Gasteiger partial charge in [0, 0.05) is 25.7 Å². The van der Waals surface area contributed by atoms with E-state index in [-0.39, 0.29) is 18.0 Å². The van der Waals surface area contributed by atoms with Gasteiger partial charge in [-0.2, -0.15) is 0 Å². The van der Waals surface area contributed by atoms with Crippen LogP contribution in [0.15, 0.2) is 24.3 Å². The monoisotopic (exact) mass is 537 g/mol. The summed E-state index contributed by atoms with van der Waals surface area (Å²) < 4.78 is 0. The van der Waals surface area contributed by atoms with Gasteiger partial charge in [0.1, 0.15) is 11.8 Å². The standard InChI is InChI=1S/C32H51N5O2/c1-2-9-28-23-36(31(39)34-28)21-26-14-16-27(17-15-26)22-37-29(38)32(35-30(37)33,20-25-12-7-4-8-13-25)19-18-24-10-5-3-6-11-24/h14-17,24-25,28,30,35H,2-13,18-23,33H2,1H3,(H,34,39)/t28-,30?,32?/m0/s1. The van der Waals surface area contributed by atoms with E-state index in [0.29, 0.717) is 19.0 Å². The number of nitrogens with zero attached hydrogens (tertiary/aromatic N) is 2. The van der Waals surface area contributed by atoms with Gasteiger partial charge in [0.05, 0.1) is 0 Å². The van der Waals surface area contributed by atoms with Crippen LogP contribution in [0.2, 0.25) is 0 Å². The van der Waals surface area contributed by atoms with Gasteiger partial charge in [0.2, 0.25) is 5.91 Å². The van der Waals surface area contributed by atoms with Crippen molar-refractivity contribution in [1.29, 1.82) is 0 Å². The number of rotatable bonds is 11. The first-order valence-electron chi connectivity index (χ1n) is 15.9. The maximum Gasteiger partial charge on any atom is 0.318 e. The Hall–Kier alpha value is -2.12. The molecule has 39 heavy (non-hydrogen) atoms. The molecule has 5 rings (SSSR count). The van der Waals surface area contributed by atoms with Crippen LogP contribution in [0.3, 0.4) is 0 Å². The number of nitrogens with one attached hydrogen (secondary N) is 2. The Morgan fingerprint density at radius 3 is 2.13 bits per heavy atom. The lowest BCUT2D eigenvalue weighted by Crippen LogP contribution is -2.51. The molecule has 0 bridgehead atoms. The van der Waals surface area contributed by atoms with E-state index in [2.05, 4.69) is 41.8 Å². The van der Waals surface area contributed by atoms with Crippen LogP contribution < -0.4 is 16.4 Å². The van der Waals surface area contributed by atoms with Gasteiger partial charge in [-0.25, -0.2) is 4.79 Å². The summed E-state index contributed by atoms with van der Waals surface area (Å²) >= 11 is 0. The molecule has 3 atom stereocenters. The molecule has 4 N–H and O–H groups in total. The van der Waals surface area contributed by atoms with Crippen molar-refractivity contribution in [3.8, 4) is 0 Å². The second kappa shape index (κ2) is 13.0. The van der Waals surface area contributed by atoms with Crippen molar-refractivity contribution < 1.29 is 9.59 Å². The van der Waals surface area contributed by atoms with Crippen molar-refractivity contribution in [1.82, 2.24) is 20.4 Å². The number of urea groups is 1. The molecule has 0 radical (unpaired) electrons. The highest BCUT2D eigenvalue weighted by atomic mass is 16.2. The number of amides is 3. The second-order valence-electron chi connectivity index (χ2n) is 13.0. The molecule has 1 aromatic rings. The van der Waals surface area contributed by atoms with E-state index in [4.69, 9.17) is 5.73 Å². The average molecular weight is 538 g/mol. The Kier molecular flexibility index (Phi) is 9.49. The first-order valence-corrected chi connectivity index (χ1v) is 15.9. The fourth-order valence-electron chi connectivity index (χ4n) is 7.71. The minimum Gasteiger partial charge on any atom is -0.333 e. The van der Waals surface area contributed by atoms with Gasteiger partial charge >= 0.3 is 6.03 Å². The minimum absolute atomic E-state index is 0.0276. The van der Waals surface area contributed by atoms with Crippen LogP contribution in [0.25, 0.3) is 0 Å². The third kappa shape index (κ3) is 6.97. The predicted octanol–water partition coefficient (Wildman–Crippen LogP) is 5.62. The van der Waals surface area contributed by atoms with Crippen molar-refractivity contribution in [3.05, 3.63) is 35.4 Å². The number of carbonyl (C=O) groups excluding carboxylic acids is 2. The summed E-state index contributed by atoms with van der Waals surface area (Å²) in [6.45, 7) is 4.05. The fraction of sp³-hybridized carbons (Fsp3) is 0.750. The smallest absolute Gasteiger partial charge is 0.318 e. The van der Waals surface area contributed by atoms with Crippen LogP contribution in [-0.4, -0.2) is 46.2 Å². The van der Waals surface area contributed by atoms with Gasteiger partial charge in [-0.1, -0.05) is 102 Å². The molecule has 2 unspecified atom stereocenters. The molecule has 0 aromatic heterocycles. The molecule has 1 aromatic carbocycles. The minimum atomic E-state index is -0.517. The predicted molar refractivity (Wildman–Crippen MR) is 155 cm³/mol. The molecule has 4 fully saturated rings. The van der Waals surface area contributed by atoms with Gasteiger partial charge in [-0.15, -0.1) is 0 Å². The Labute approximate surface area is 235 Å². The second-order valence-corrected chi connectivity index (χ2v) is 13.0. The molecule has 0 spiro atoms. The number of hydrogen-bond donors (Lipinski definition) is 3. The highest BCUT2D eigenvalue weighted by Crippen LogP contribution is 2.39. The largest absolute Gasteiger partial charge is 0.333 e.